The van der Waals surface area contributed by atoms with Gasteiger partial charge in [0.1, 0.15) is 0 Å². The van der Waals surface area contributed by atoms with Crippen molar-refractivity contribution >= 4 is 7.85 Å². The first-order valence-electron chi connectivity index (χ1n) is 5.47. The summed E-state index contributed by atoms with van der Waals surface area (Å²) in [5, 5.41) is -1.25. The van der Waals surface area contributed by atoms with E-state index in [1.165, 1.54) is 6.92 Å². The highest BCUT2D eigenvalue weighted by Crippen LogP contribution is 2.38. The monoisotopic (exact) mass is 280 g/mol. The van der Waals surface area contributed by atoms with Crippen LogP contribution < -0.4 is 0 Å². The van der Waals surface area contributed by atoms with E-state index >= 15 is 0 Å². The highest BCUT2D eigenvalue weighted by Gasteiger charge is 2.38. The summed E-state index contributed by atoms with van der Waals surface area (Å²) < 4.78 is 75.7. The Balaban J connectivity index is 3.51. The van der Waals surface area contributed by atoms with Crippen LogP contribution in [0.3, 0.4) is 0 Å². The van der Waals surface area contributed by atoms with Gasteiger partial charge in [0.05, 0.1) is 19.0 Å². The molecule has 1 atom stereocenters. The van der Waals surface area contributed by atoms with Gasteiger partial charge in [-0.05, 0) is 29.1 Å². The maximum Gasteiger partial charge on any atom is 0.416 e. The lowest BCUT2D eigenvalue weighted by molar-refractivity contribution is -0.143. The summed E-state index contributed by atoms with van der Waals surface area (Å²) >= 11 is 0. The predicted molar refractivity (Wildman–Crippen MR) is 59.8 cm³/mol. The first kappa shape index (κ1) is 15.9. The van der Waals surface area contributed by atoms with Gasteiger partial charge in [-0.2, -0.15) is 26.3 Å². The molecule has 0 aromatic heterocycles. The zero-order chi connectivity index (χ0) is 15.1. The molecule has 2 radical (unpaired) electrons. The van der Waals surface area contributed by atoms with Crippen LogP contribution >= 0.6 is 0 Å². The minimum atomic E-state index is -4.85. The zero-order valence-corrected chi connectivity index (χ0v) is 10.3. The van der Waals surface area contributed by atoms with E-state index < -0.39 is 28.8 Å². The van der Waals surface area contributed by atoms with E-state index in [0.717, 1.165) is 0 Å². The number of hydrogen-bond donors (Lipinski definition) is 0. The van der Waals surface area contributed by atoms with Gasteiger partial charge in [-0.25, -0.2) is 0 Å². The summed E-state index contributed by atoms with van der Waals surface area (Å²) in [5.41, 5.74) is -2.87. The van der Waals surface area contributed by atoms with Gasteiger partial charge in [0.25, 0.3) is 0 Å². The van der Waals surface area contributed by atoms with Crippen LogP contribution in [0.2, 0.25) is 0 Å². The van der Waals surface area contributed by atoms with E-state index in [0.29, 0.717) is 12.1 Å². The molecule has 0 saturated carbocycles. The number of hydrogen-bond acceptors (Lipinski definition) is 0. The Bertz CT molecular complexity index is 426. The van der Waals surface area contributed by atoms with E-state index in [-0.39, 0.29) is 18.1 Å². The first-order chi connectivity index (χ1) is 8.38. The second-order valence-corrected chi connectivity index (χ2v) is 4.57. The summed E-state index contributed by atoms with van der Waals surface area (Å²) in [6, 6.07) is 1.42. The molecule has 1 unspecified atom stereocenters. The summed E-state index contributed by atoms with van der Waals surface area (Å²) in [6.45, 7) is 2.98. The third-order valence-corrected chi connectivity index (χ3v) is 2.98. The summed E-state index contributed by atoms with van der Waals surface area (Å²) in [4.78, 5) is 0. The van der Waals surface area contributed by atoms with Crippen LogP contribution in [0, 0.1) is 0 Å². The van der Waals surface area contributed by atoms with Crippen molar-refractivity contribution < 1.29 is 26.3 Å². The molecule has 0 nitrogen and oxygen atoms in total. The molecule has 0 aliphatic heterocycles. The van der Waals surface area contributed by atoms with Gasteiger partial charge in [0.2, 0.25) is 0 Å². The fraction of sp³-hybridized carbons (Fsp3) is 0.500. The van der Waals surface area contributed by atoms with Crippen molar-refractivity contribution in [3.05, 3.63) is 34.9 Å². The summed E-state index contributed by atoms with van der Waals surface area (Å²) in [7, 11) is 5.73. The van der Waals surface area contributed by atoms with Crippen molar-refractivity contribution in [2.75, 3.05) is 0 Å². The zero-order valence-electron chi connectivity index (χ0n) is 10.3. The van der Waals surface area contributed by atoms with Crippen molar-refractivity contribution in [3.63, 3.8) is 0 Å². The molecule has 0 amide bonds. The SMILES string of the molecule is [B]C(C)(CC)c1cc(C(F)(F)F)cc(C(F)(F)F)c1. The Labute approximate surface area is 108 Å². The molecule has 0 bridgehead atoms. The van der Waals surface area contributed by atoms with Gasteiger partial charge in [-0.15, -0.1) is 0 Å². The van der Waals surface area contributed by atoms with Gasteiger partial charge in [-0.3, -0.25) is 0 Å². The molecule has 0 spiro atoms. The number of rotatable bonds is 2. The van der Waals surface area contributed by atoms with E-state index in [4.69, 9.17) is 7.85 Å². The molecule has 7 heteroatoms. The molecule has 0 N–H and O–H groups in total. The van der Waals surface area contributed by atoms with Crippen LogP contribution in [0.25, 0.3) is 0 Å². The van der Waals surface area contributed by atoms with E-state index in [1.54, 1.807) is 6.92 Å². The molecule has 1 aromatic carbocycles. The van der Waals surface area contributed by atoms with E-state index in [9.17, 15) is 26.3 Å². The second kappa shape index (κ2) is 4.76. The van der Waals surface area contributed by atoms with Crippen LogP contribution in [0.5, 0.6) is 0 Å². The third kappa shape index (κ3) is 3.67. The van der Waals surface area contributed by atoms with Crippen molar-refractivity contribution in [3.8, 4) is 0 Å². The lowest BCUT2D eigenvalue weighted by Gasteiger charge is -2.26. The van der Waals surface area contributed by atoms with Crippen molar-refractivity contribution in [2.45, 2.75) is 37.9 Å². The highest BCUT2D eigenvalue weighted by molar-refractivity contribution is 6.15. The smallest absolute Gasteiger partial charge is 0.166 e. The van der Waals surface area contributed by atoms with E-state index in [2.05, 4.69) is 0 Å². The second-order valence-electron chi connectivity index (χ2n) is 4.57. The van der Waals surface area contributed by atoms with Crippen LogP contribution in [-0.2, 0) is 17.7 Å². The quantitative estimate of drug-likeness (QED) is 0.552. The van der Waals surface area contributed by atoms with Gasteiger partial charge >= 0.3 is 12.4 Å². The molecule has 0 aliphatic rings. The summed E-state index contributed by atoms with van der Waals surface area (Å²) in [6.07, 6.45) is -9.48. The van der Waals surface area contributed by atoms with Gasteiger partial charge in [-0.1, -0.05) is 20.3 Å². The van der Waals surface area contributed by atoms with Gasteiger partial charge in [0, 0.05) is 0 Å². The van der Waals surface area contributed by atoms with Crippen LogP contribution in [0.4, 0.5) is 26.3 Å². The molecule has 104 valence electrons. The summed E-state index contributed by atoms with van der Waals surface area (Å²) in [5.74, 6) is 0. The molecule has 19 heavy (non-hydrogen) atoms. The average Bonchev–Trinajstić information content (AvgIpc) is 2.26. The Morgan fingerprint density at radius 3 is 1.42 bits per heavy atom. The molecule has 1 aromatic rings. The number of halogens is 6. The predicted octanol–water partition coefficient (Wildman–Crippen LogP) is 4.52. The molecule has 1 rings (SSSR count). The van der Waals surface area contributed by atoms with E-state index in [1.807, 2.05) is 0 Å². The molecular weight excluding hydrogens is 269 g/mol. The molecule has 0 aliphatic carbocycles. The first-order valence-corrected chi connectivity index (χ1v) is 5.47. The maximum absolute atomic E-state index is 12.6. The number of alkyl halides is 6. The minimum Gasteiger partial charge on any atom is -0.166 e. The van der Waals surface area contributed by atoms with Crippen LogP contribution in [0.15, 0.2) is 18.2 Å². The van der Waals surface area contributed by atoms with Gasteiger partial charge in [0.15, 0.2) is 0 Å². The standard InChI is InChI=1S/C12H11BF6/c1-3-10(2,13)7-4-8(11(14,15)16)6-9(5-7)12(17,18)19/h4-6H,3H2,1-2H3. The Morgan fingerprint density at radius 1 is 0.842 bits per heavy atom. The molecular formula is C12H11BF6. The average molecular weight is 280 g/mol. The maximum atomic E-state index is 12.6. The van der Waals surface area contributed by atoms with Crippen molar-refractivity contribution in [2.24, 2.45) is 0 Å². The molecule has 0 heterocycles. The normalized spacial score (nSPS) is 16.2. The molecule has 0 saturated heterocycles. The molecule has 0 fully saturated rings. The fourth-order valence-electron chi connectivity index (χ4n) is 1.49. The van der Waals surface area contributed by atoms with Crippen LogP contribution in [0.1, 0.15) is 37.0 Å². The Hall–Kier alpha value is -1.14. The Morgan fingerprint density at radius 2 is 1.16 bits per heavy atom. The largest absolute Gasteiger partial charge is 0.416 e. The van der Waals surface area contributed by atoms with Crippen molar-refractivity contribution in [1.29, 1.82) is 0 Å². The fourth-order valence-corrected chi connectivity index (χ4v) is 1.49. The van der Waals surface area contributed by atoms with Crippen LogP contribution in [-0.4, -0.2) is 7.85 Å². The Kier molecular flexibility index (Phi) is 3.99. The lowest BCUT2D eigenvalue weighted by atomic mass is 9.63. The highest BCUT2D eigenvalue weighted by atomic mass is 19.4. The third-order valence-electron chi connectivity index (χ3n) is 2.98. The lowest BCUT2D eigenvalue weighted by Crippen LogP contribution is -2.23. The minimum absolute atomic E-state index is 0.0925. The van der Waals surface area contributed by atoms with Gasteiger partial charge < -0.3 is 0 Å². The number of benzene rings is 1. The topological polar surface area (TPSA) is 0 Å². The van der Waals surface area contributed by atoms with Crippen molar-refractivity contribution in [1.82, 2.24) is 0 Å².